The summed E-state index contributed by atoms with van der Waals surface area (Å²) in [5, 5.41) is 13.2. The van der Waals surface area contributed by atoms with Crippen LogP contribution in [0.1, 0.15) is 17.9 Å². The van der Waals surface area contributed by atoms with E-state index in [9.17, 15) is 13.5 Å². The molecule has 0 bridgehead atoms. The summed E-state index contributed by atoms with van der Waals surface area (Å²) in [5.74, 6) is 1.17. The molecule has 1 aromatic carbocycles. The van der Waals surface area contributed by atoms with Crippen molar-refractivity contribution in [3.05, 3.63) is 17.7 Å². The van der Waals surface area contributed by atoms with Gasteiger partial charge in [0.05, 0.1) is 19.4 Å². The molecule has 3 N–H and O–H groups in total. The van der Waals surface area contributed by atoms with E-state index in [4.69, 9.17) is 4.74 Å². The number of nitrogens with one attached hydrogen (secondary N) is 2. The highest BCUT2D eigenvalue weighted by atomic mass is 32.2. The van der Waals surface area contributed by atoms with Gasteiger partial charge in [0.25, 0.3) is 0 Å². The van der Waals surface area contributed by atoms with Crippen molar-refractivity contribution in [2.24, 2.45) is 4.99 Å². The minimum atomic E-state index is -3.51. The molecular weight excluding hydrogens is 294 g/mol. The van der Waals surface area contributed by atoms with E-state index in [1.165, 1.54) is 6.07 Å². The fourth-order valence-corrected chi connectivity index (χ4v) is 3.24. The Labute approximate surface area is 123 Å². The maximum absolute atomic E-state index is 11.5. The Morgan fingerprint density at radius 2 is 2.29 bits per heavy atom. The number of fused-ring (bicyclic) bond motifs is 1. The molecule has 114 valence electrons. The SMILES string of the molecule is CS(=O)(=O)Nc1c(O)ccc2c1OCCC2C1=NCCN1. The monoisotopic (exact) mass is 311 g/mol. The smallest absolute Gasteiger partial charge is 0.230 e. The summed E-state index contributed by atoms with van der Waals surface area (Å²) in [6, 6.07) is 3.23. The summed E-state index contributed by atoms with van der Waals surface area (Å²) in [7, 11) is -3.51. The average Bonchev–Trinajstić information content (AvgIpc) is 2.94. The van der Waals surface area contributed by atoms with Gasteiger partial charge in [0.2, 0.25) is 10.0 Å². The number of ether oxygens (including phenoxy) is 1. The molecule has 1 aromatic rings. The first-order chi connectivity index (χ1) is 9.96. The second kappa shape index (κ2) is 5.10. The second-order valence-corrected chi connectivity index (χ2v) is 6.88. The second-order valence-electron chi connectivity index (χ2n) is 5.14. The number of hydrogen-bond donors (Lipinski definition) is 3. The number of rotatable bonds is 3. The molecule has 3 rings (SSSR count). The lowest BCUT2D eigenvalue weighted by molar-refractivity contribution is 0.282. The molecule has 2 heterocycles. The van der Waals surface area contributed by atoms with Crippen molar-refractivity contribution in [2.75, 3.05) is 30.7 Å². The zero-order valence-electron chi connectivity index (χ0n) is 11.6. The summed E-state index contributed by atoms with van der Waals surface area (Å²) in [6.45, 7) is 2.00. The van der Waals surface area contributed by atoms with E-state index in [2.05, 4.69) is 15.0 Å². The number of aromatic hydroxyl groups is 1. The molecule has 2 aliphatic heterocycles. The predicted molar refractivity (Wildman–Crippen MR) is 79.7 cm³/mol. The molecule has 0 aliphatic carbocycles. The van der Waals surface area contributed by atoms with Crippen LogP contribution in [-0.4, -0.2) is 45.3 Å². The molecule has 7 nitrogen and oxygen atoms in total. The number of amidine groups is 1. The van der Waals surface area contributed by atoms with E-state index in [0.29, 0.717) is 12.4 Å². The van der Waals surface area contributed by atoms with Crippen molar-refractivity contribution in [2.45, 2.75) is 12.3 Å². The van der Waals surface area contributed by atoms with Crippen LogP contribution in [0.3, 0.4) is 0 Å². The van der Waals surface area contributed by atoms with Crippen molar-refractivity contribution >= 4 is 21.5 Å². The number of aliphatic imine (C=N–C) groups is 1. The van der Waals surface area contributed by atoms with E-state index >= 15 is 0 Å². The highest BCUT2D eigenvalue weighted by Crippen LogP contribution is 2.44. The molecule has 0 spiro atoms. The number of phenolic OH excluding ortho intramolecular Hbond substituents is 1. The maximum atomic E-state index is 11.5. The number of nitrogens with zero attached hydrogens (tertiary/aromatic N) is 1. The molecular formula is C13H17N3O4S. The topological polar surface area (TPSA) is 100 Å². The van der Waals surface area contributed by atoms with Crippen LogP contribution in [0.15, 0.2) is 17.1 Å². The van der Waals surface area contributed by atoms with E-state index in [1.54, 1.807) is 6.07 Å². The standard InChI is InChI=1S/C13H17N3O4S/c1-21(18,19)16-11-10(17)3-2-8-9(4-7-20-12(8)11)13-14-5-6-15-13/h2-3,9,16-17H,4-7H2,1H3,(H,14,15). The Bertz CT molecular complexity index is 700. The zero-order chi connectivity index (χ0) is 15.0. The van der Waals surface area contributed by atoms with Gasteiger partial charge in [-0.15, -0.1) is 0 Å². The third kappa shape index (κ3) is 2.76. The van der Waals surface area contributed by atoms with E-state index in [1.807, 2.05) is 0 Å². The van der Waals surface area contributed by atoms with Gasteiger partial charge in [0.1, 0.15) is 17.3 Å². The predicted octanol–water partition coefficient (Wildman–Crippen LogP) is 0.631. The average molecular weight is 311 g/mol. The van der Waals surface area contributed by atoms with Gasteiger partial charge in [0, 0.05) is 18.0 Å². The lowest BCUT2D eigenvalue weighted by Gasteiger charge is -2.28. The third-order valence-corrected chi connectivity index (χ3v) is 4.09. The quantitative estimate of drug-likeness (QED) is 0.711. The minimum Gasteiger partial charge on any atom is -0.506 e. The van der Waals surface area contributed by atoms with Crippen molar-refractivity contribution in [3.8, 4) is 11.5 Å². The van der Waals surface area contributed by atoms with Crippen LogP contribution in [0.4, 0.5) is 5.69 Å². The van der Waals surface area contributed by atoms with Crippen molar-refractivity contribution < 1.29 is 18.3 Å². The Kier molecular flexibility index (Phi) is 3.40. The molecule has 0 saturated heterocycles. The number of benzene rings is 1. The summed E-state index contributed by atoms with van der Waals surface area (Å²) >= 11 is 0. The van der Waals surface area contributed by atoms with Crippen molar-refractivity contribution in [1.29, 1.82) is 0 Å². The Morgan fingerprint density at radius 1 is 1.48 bits per heavy atom. The summed E-state index contributed by atoms with van der Waals surface area (Å²) in [5.41, 5.74) is 0.927. The summed E-state index contributed by atoms with van der Waals surface area (Å²) in [6.07, 6.45) is 1.80. The number of anilines is 1. The molecule has 8 heteroatoms. The normalized spacial score (nSPS) is 21.0. The first-order valence-corrected chi connectivity index (χ1v) is 8.59. The lowest BCUT2D eigenvalue weighted by atomic mass is 9.91. The molecule has 2 aliphatic rings. The molecule has 0 aromatic heterocycles. The minimum absolute atomic E-state index is 0.0389. The van der Waals surface area contributed by atoms with Crippen LogP contribution < -0.4 is 14.8 Å². The van der Waals surface area contributed by atoms with Gasteiger partial charge in [-0.25, -0.2) is 8.42 Å². The third-order valence-electron chi connectivity index (χ3n) is 3.51. The first kappa shape index (κ1) is 14.0. The van der Waals surface area contributed by atoms with Crippen molar-refractivity contribution in [1.82, 2.24) is 5.32 Å². The molecule has 1 unspecified atom stereocenters. The van der Waals surface area contributed by atoms with Gasteiger partial charge >= 0.3 is 0 Å². The van der Waals surface area contributed by atoms with Gasteiger partial charge in [-0.3, -0.25) is 9.71 Å². The molecule has 0 amide bonds. The molecule has 0 saturated carbocycles. The highest BCUT2D eigenvalue weighted by molar-refractivity contribution is 7.92. The zero-order valence-corrected chi connectivity index (χ0v) is 12.4. The van der Waals surface area contributed by atoms with Crippen LogP contribution in [0.5, 0.6) is 11.5 Å². The maximum Gasteiger partial charge on any atom is 0.230 e. The molecule has 21 heavy (non-hydrogen) atoms. The molecule has 1 atom stereocenters. The van der Waals surface area contributed by atoms with Gasteiger partial charge in [-0.2, -0.15) is 0 Å². The Morgan fingerprint density at radius 3 is 2.95 bits per heavy atom. The first-order valence-electron chi connectivity index (χ1n) is 6.70. The fraction of sp³-hybridized carbons (Fsp3) is 0.462. The molecule has 0 radical (unpaired) electrons. The van der Waals surface area contributed by atoms with Gasteiger partial charge in [-0.1, -0.05) is 6.07 Å². The Balaban J connectivity index is 2.06. The fourth-order valence-electron chi connectivity index (χ4n) is 2.67. The van der Waals surface area contributed by atoms with Crippen molar-refractivity contribution in [3.63, 3.8) is 0 Å². The number of phenols is 1. The highest BCUT2D eigenvalue weighted by Gasteiger charge is 2.30. The van der Waals surface area contributed by atoms with E-state index in [0.717, 1.165) is 37.2 Å². The summed E-state index contributed by atoms with van der Waals surface area (Å²) in [4.78, 5) is 4.43. The van der Waals surface area contributed by atoms with Crippen LogP contribution in [0, 0.1) is 0 Å². The number of sulfonamides is 1. The van der Waals surface area contributed by atoms with Crippen LogP contribution in [0.2, 0.25) is 0 Å². The van der Waals surface area contributed by atoms with Crippen LogP contribution in [-0.2, 0) is 10.0 Å². The van der Waals surface area contributed by atoms with Gasteiger partial charge in [-0.05, 0) is 12.5 Å². The van der Waals surface area contributed by atoms with E-state index in [-0.39, 0.29) is 17.4 Å². The Hall–Kier alpha value is -1.96. The van der Waals surface area contributed by atoms with Crippen LogP contribution >= 0.6 is 0 Å². The van der Waals surface area contributed by atoms with Gasteiger partial charge in [0.15, 0.2) is 5.75 Å². The molecule has 0 fully saturated rings. The largest absolute Gasteiger partial charge is 0.506 e. The van der Waals surface area contributed by atoms with E-state index < -0.39 is 10.0 Å². The summed E-state index contributed by atoms with van der Waals surface area (Å²) < 4.78 is 30.9. The number of hydrogen-bond acceptors (Lipinski definition) is 6. The van der Waals surface area contributed by atoms with Crippen LogP contribution in [0.25, 0.3) is 0 Å². The lowest BCUT2D eigenvalue weighted by Crippen LogP contribution is -2.30. The van der Waals surface area contributed by atoms with Gasteiger partial charge < -0.3 is 15.2 Å².